The number of hydrogen-bond acceptors (Lipinski definition) is 1. The number of aryl methyl sites for hydroxylation is 1. The van der Waals surface area contributed by atoms with Gasteiger partial charge in [0.25, 0.3) is 0 Å². The average Bonchev–Trinajstić information content (AvgIpc) is 2.52. The van der Waals surface area contributed by atoms with Gasteiger partial charge < -0.3 is 0 Å². The Morgan fingerprint density at radius 3 is 1.80 bits per heavy atom. The van der Waals surface area contributed by atoms with Crippen molar-refractivity contribution >= 4 is 18.4 Å². The van der Waals surface area contributed by atoms with E-state index in [9.17, 15) is 4.79 Å². The van der Waals surface area contributed by atoms with Crippen molar-refractivity contribution < 1.29 is 4.79 Å². The molecule has 0 aliphatic heterocycles. The van der Waals surface area contributed by atoms with E-state index in [0.29, 0.717) is 5.56 Å². The van der Waals surface area contributed by atoms with Gasteiger partial charge in [-0.1, -0.05) is 74.0 Å². The second-order valence-corrected chi connectivity index (χ2v) is 4.96. The summed E-state index contributed by atoms with van der Waals surface area (Å²) in [5.41, 5.74) is 4.41. The van der Waals surface area contributed by atoms with Gasteiger partial charge in [0.2, 0.25) is 0 Å². The number of carbonyl (C=O) groups excluding carboxylic acids is 1. The van der Waals surface area contributed by atoms with Crippen LogP contribution in [0.4, 0.5) is 0 Å². The van der Waals surface area contributed by atoms with Crippen molar-refractivity contribution in [3.05, 3.63) is 70.8 Å². The van der Waals surface area contributed by atoms with Gasteiger partial charge in [-0.2, -0.15) is 0 Å². The van der Waals surface area contributed by atoms with Gasteiger partial charge in [0.15, 0.2) is 0 Å². The van der Waals surface area contributed by atoms with E-state index in [0.717, 1.165) is 18.3 Å². The molecule has 0 saturated carbocycles. The molecule has 102 valence electrons. The largest absolute Gasteiger partial charge is 0.298 e. The Labute approximate surface area is 121 Å². The fourth-order valence-electron chi connectivity index (χ4n) is 2.05. The van der Waals surface area contributed by atoms with Crippen LogP contribution >= 0.6 is 0 Å². The number of hydrogen-bond donors (Lipinski definition) is 0. The molecule has 0 bridgehead atoms. The summed E-state index contributed by atoms with van der Waals surface area (Å²) in [7, 11) is 0. The normalized spacial score (nSPS) is 10.8. The zero-order valence-corrected chi connectivity index (χ0v) is 11.9. The van der Waals surface area contributed by atoms with Gasteiger partial charge in [0.1, 0.15) is 6.29 Å². The van der Waals surface area contributed by atoms with Gasteiger partial charge in [0, 0.05) is 5.56 Å². The number of aldehydes is 1. The van der Waals surface area contributed by atoms with Gasteiger partial charge >= 0.3 is 0 Å². The second-order valence-electron chi connectivity index (χ2n) is 4.96. The molecule has 2 aromatic carbocycles. The van der Waals surface area contributed by atoms with Crippen molar-refractivity contribution in [2.45, 2.75) is 26.2 Å². The summed E-state index contributed by atoms with van der Waals surface area (Å²) >= 11 is 0. The van der Waals surface area contributed by atoms with Crippen molar-refractivity contribution in [2.24, 2.45) is 0 Å². The van der Waals surface area contributed by atoms with E-state index in [2.05, 4.69) is 43.3 Å². The standard InChI is InChI=1S/C19H20O/c1-2-3-4-16-5-7-17(8-6-16)9-10-18-11-13-19(15-20)14-12-18/h5-15H,2-4H2,1H3/b10-9+. The molecule has 20 heavy (non-hydrogen) atoms. The van der Waals surface area contributed by atoms with Crippen LogP contribution in [0.25, 0.3) is 12.2 Å². The predicted molar refractivity (Wildman–Crippen MR) is 85.8 cm³/mol. The average molecular weight is 264 g/mol. The van der Waals surface area contributed by atoms with Gasteiger partial charge in [-0.15, -0.1) is 0 Å². The molecule has 2 rings (SSSR count). The molecule has 0 radical (unpaired) electrons. The lowest BCUT2D eigenvalue weighted by Crippen LogP contribution is -1.84. The molecule has 0 unspecified atom stereocenters. The summed E-state index contributed by atoms with van der Waals surface area (Å²) in [5.74, 6) is 0. The van der Waals surface area contributed by atoms with Crippen molar-refractivity contribution in [2.75, 3.05) is 0 Å². The third-order valence-corrected chi connectivity index (χ3v) is 3.34. The SMILES string of the molecule is CCCCc1ccc(/C=C/c2ccc(C=O)cc2)cc1. The molecule has 0 aliphatic carbocycles. The maximum Gasteiger partial charge on any atom is 0.150 e. The molecule has 0 saturated heterocycles. The van der Waals surface area contributed by atoms with E-state index in [1.54, 1.807) is 0 Å². The molecular weight excluding hydrogens is 244 g/mol. The zero-order valence-electron chi connectivity index (χ0n) is 11.9. The minimum absolute atomic E-state index is 0.711. The maximum absolute atomic E-state index is 10.6. The first-order chi connectivity index (χ1) is 9.81. The Morgan fingerprint density at radius 2 is 1.30 bits per heavy atom. The van der Waals surface area contributed by atoms with Gasteiger partial charge in [-0.25, -0.2) is 0 Å². The highest BCUT2D eigenvalue weighted by Gasteiger charge is 1.93. The molecule has 0 amide bonds. The van der Waals surface area contributed by atoms with Crippen LogP contribution in [0.1, 0.15) is 46.8 Å². The van der Waals surface area contributed by atoms with E-state index in [-0.39, 0.29) is 0 Å². The molecule has 1 nitrogen and oxygen atoms in total. The van der Waals surface area contributed by atoms with E-state index in [1.807, 2.05) is 24.3 Å². The molecule has 0 aromatic heterocycles. The lowest BCUT2D eigenvalue weighted by Gasteiger charge is -2.00. The van der Waals surface area contributed by atoms with E-state index in [1.165, 1.54) is 24.0 Å². The quantitative estimate of drug-likeness (QED) is 0.529. The summed E-state index contributed by atoms with van der Waals surface area (Å²) in [6.07, 6.45) is 8.67. The monoisotopic (exact) mass is 264 g/mol. The molecule has 0 spiro atoms. The minimum Gasteiger partial charge on any atom is -0.298 e. The fraction of sp³-hybridized carbons (Fsp3) is 0.211. The van der Waals surface area contributed by atoms with Gasteiger partial charge in [-0.05, 0) is 29.5 Å². The minimum atomic E-state index is 0.711. The van der Waals surface area contributed by atoms with Crippen molar-refractivity contribution in [3.63, 3.8) is 0 Å². The first kappa shape index (κ1) is 14.3. The smallest absolute Gasteiger partial charge is 0.150 e. The van der Waals surface area contributed by atoms with Crippen molar-refractivity contribution in [3.8, 4) is 0 Å². The topological polar surface area (TPSA) is 17.1 Å². The highest BCUT2D eigenvalue weighted by atomic mass is 16.1. The lowest BCUT2D eigenvalue weighted by molar-refractivity contribution is 0.112. The summed E-state index contributed by atoms with van der Waals surface area (Å²) in [6.45, 7) is 2.22. The third kappa shape index (κ3) is 4.20. The Morgan fingerprint density at radius 1 is 0.800 bits per heavy atom. The van der Waals surface area contributed by atoms with Crippen LogP contribution < -0.4 is 0 Å². The van der Waals surface area contributed by atoms with Crippen LogP contribution in [0.3, 0.4) is 0 Å². The summed E-state index contributed by atoms with van der Waals surface area (Å²) in [5, 5.41) is 0. The summed E-state index contributed by atoms with van der Waals surface area (Å²) in [6, 6.07) is 16.3. The van der Waals surface area contributed by atoms with Crippen molar-refractivity contribution in [1.29, 1.82) is 0 Å². The maximum atomic E-state index is 10.6. The predicted octanol–water partition coefficient (Wildman–Crippen LogP) is 5.01. The van der Waals surface area contributed by atoms with Crippen LogP contribution in [-0.4, -0.2) is 6.29 Å². The number of unbranched alkanes of at least 4 members (excludes halogenated alkanes) is 1. The number of carbonyl (C=O) groups is 1. The highest BCUT2D eigenvalue weighted by Crippen LogP contribution is 2.12. The zero-order chi connectivity index (χ0) is 14.2. The third-order valence-electron chi connectivity index (χ3n) is 3.34. The van der Waals surface area contributed by atoms with E-state index in [4.69, 9.17) is 0 Å². The lowest BCUT2D eigenvalue weighted by atomic mass is 10.1. The Bertz CT molecular complexity index is 562. The Balaban J connectivity index is 2.01. The Kier molecular flexibility index (Phi) is 5.31. The molecule has 0 heterocycles. The molecule has 2 aromatic rings. The van der Waals surface area contributed by atoms with E-state index < -0.39 is 0 Å². The van der Waals surface area contributed by atoms with Crippen LogP contribution in [0.2, 0.25) is 0 Å². The molecule has 0 N–H and O–H groups in total. The van der Waals surface area contributed by atoms with Gasteiger partial charge in [0.05, 0.1) is 0 Å². The summed E-state index contributed by atoms with van der Waals surface area (Å²) < 4.78 is 0. The molecule has 0 fully saturated rings. The summed E-state index contributed by atoms with van der Waals surface area (Å²) in [4.78, 5) is 10.6. The number of benzene rings is 2. The molecule has 1 heteroatoms. The van der Waals surface area contributed by atoms with Crippen LogP contribution in [0, 0.1) is 0 Å². The second kappa shape index (κ2) is 7.44. The van der Waals surface area contributed by atoms with Crippen LogP contribution in [-0.2, 0) is 6.42 Å². The first-order valence-corrected chi connectivity index (χ1v) is 7.14. The van der Waals surface area contributed by atoms with Crippen LogP contribution in [0.15, 0.2) is 48.5 Å². The highest BCUT2D eigenvalue weighted by molar-refractivity contribution is 5.76. The molecule has 0 aliphatic rings. The van der Waals surface area contributed by atoms with Gasteiger partial charge in [-0.3, -0.25) is 4.79 Å². The van der Waals surface area contributed by atoms with Crippen molar-refractivity contribution in [1.82, 2.24) is 0 Å². The Hall–Kier alpha value is -2.15. The fourth-order valence-corrected chi connectivity index (χ4v) is 2.05. The van der Waals surface area contributed by atoms with Crippen LogP contribution in [0.5, 0.6) is 0 Å². The first-order valence-electron chi connectivity index (χ1n) is 7.14. The number of rotatable bonds is 6. The van der Waals surface area contributed by atoms with E-state index >= 15 is 0 Å². The molecular formula is C19H20O. The molecule has 0 atom stereocenters.